The van der Waals surface area contributed by atoms with Gasteiger partial charge in [-0.15, -0.1) is 0 Å². The summed E-state index contributed by atoms with van der Waals surface area (Å²) in [5.74, 6) is -0.351. The van der Waals surface area contributed by atoms with Crippen molar-refractivity contribution in [1.29, 1.82) is 0 Å². The second kappa shape index (κ2) is 8.55. The third-order valence-electron chi connectivity index (χ3n) is 4.81. The number of hydrogen-bond donors (Lipinski definition) is 1. The van der Waals surface area contributed by atoms with Crippen molar-refractivity contribution in [3.05, 3.63) is 65.2 Å². The topological polar surface area (TPSA) is 58.6 Å². The van der Waals surface area contributed by atoms with E-state index in [1.165, 1.54) is 11.0 Å². The molecule has 0 aliphatic carbocycles. The number of amides is 2. The van der Waals surface area contributed by atoms with Gasteiger partial charge in [0.05, 0.1) is 18.6 Å². The largest absolute Gasteiger partial charge is 0.497 e. The minimum Gasteiger partial charge on any atom is -0.497 e. The molecule has 2 amide bonds. The summed E-state index contributed by atoms with van der Waals surface area (Å²) in [6.45, 7) is 0.524. The summed E-state index contributed by atoms with van der Waals surface area (Å²) in [6.07, 6.45) is -4.39. The number of methoxy groups -OCH3 is 1. The lowest BCUT2D eigenvalue weighted by atomic mass is 10.1. The molecular formula is C21H21F3N2O3. The average Bonchev–Trinajstić information content (AvgIpc) is 3.06. The first kappa shape index (κ1) is 20.7. The van der Waals surface area contributed by atoms with E-state index < -0.39 is 17.7 Å². The lowest BCUT2D eigenvalue weighted by Crippen LogP contribution is -2.32. The molecule has 1 aliphatic heterocycles. The normalized spacial score (nSPS) is 16.8. The number of nitrogens with zero attached hydrogens (tertiary/aromatic N) is 1. The highest BCUT2D eigenvalue weighted by Gasteiger charge is 2.35. The molecule has 8 heteroatoms. The Morgan fingerprint density at radius 1 is 1.17 bits per heavy atom. The number of alkyl halides is 3. The highest BCUT2D eigenvalue weighted by molar-refractivity contribution is 5.89. The van der Waals surface area contributed by atoms with E-state index in [-0.39, 0.29) is 31.3 Å². The van der Waals surface area contributed by atoms with Gasteiger partial charge in [-0.1, -0.05) is 24.3 Å². The van der Waals surface area contributed by atoms with Gasteiger partial charge < -0.3 is 15.0 Å². The first-order valence-corrected chi connectivity index (χ1v) is 9.11. The van der Waals surface area contributed by atoms with Gasteiger partial charge in [-0.2, -0.15) is 13.2 Å². The monoisotopic (exact) mass is 406 g/mol. The number of likely N-dealkylation sites (tertiary alicyclic amines) is 1. The number of carbonyl (C=O) groups excluding carboxylic acids is 2. The summed E-state index contributed by atoms with van der Waals surface area (Å²) < 4.78 is 43.7. The van der Waals surface area contributed by atoms with E-state index in [1.54, 1.807) is 25.3 Å². The van der Waals surface area contributed by atoms with E-state index >= 15 is 0 Å². The van der Waals surface area contributed by atoms with Crippen LogP contribution in [-0.4, -0.2) is 30.4 Å². The Labute approximate surface area is 166 Å². The SMILES string of the molecule is COc1cccc(CNC(=O)[C@H]2CC(=O)N(Cc3cccc(C(F)(F)F)c3)C2)c1. The minimum atomic E-state index is -4.44. The maximum atomic E-state index is 12.9. The Morgan fingerprint density at radius 2 is 1.90 bits per heavy atom. The van der Waals surface area contributed by atoms with Crippen LogP contribution >= 0.6 is 0 Å². The average molecular weight is 406 g/mol. The molecular weight excluding hydrogens is 385 g/mol. The number of benzene rings is 2. The van der Waals surface area contributed by atoms with Crippen molar-refractivity contribution in [3.8, 4) is 5.75 Å². The predicted octanol–water partition coefficient (Wildman–Crippen LogP) is 3.38. The van der Waals surface area contributed by atoms with Gasteiger partial charge in [-0.25, -0.2) is 0 Å². The first-order chi connectivity index (χ1) is 13.8. The second-order valence-corrected chi connectivity index (χ2v) is 6.94. The Balaban J connectivity index is 1.57. The van der Waals surface area contributed by atoms with Gasteiger partial charge in [0.25, 0.3) is 0 Å². The molecule has 154 valence electrons. The van der Waals surface area contributed by atoms with Crippen LogP contribution < -0.4 is 10.1 Å². The summed E-state index contributed by atoms with van der Waals surface area (Å²) in [7, 11) is 1.56. The molecule has 2 aromatic rings. The van der Waals surface area contributed by atoms with Crippen molar-refractivity contribution in [2.75, 3.05) is 13.7 Å². The van der Waals surface area contributed by atoms with Crippen LogP contribution in [0.4, 0.5) is 13.2 Å². The minimum absolute atomic E-state index is 0.0441. The lowest BCUT2D eigenvalue weighted by Gasteiger charge is -2.18. The summed E-state index contributed by atoms with van der Waals surface area (Å²) in [6, 6.07) is 12.1. The Bertz CT molecular complexity index is 899. The van der Waals surface area contributed by atoms with E-state index in [1.807, 2.05) is 12.1 Å². The molecule has 5 nitrogen and oxygen atoms in total. The molecule has 0 aromatic heterocycles. The van der Waals surface area contributed by atoms with Crippen molar-refractivity contribution in [3.63, 3.8) is 0 Å². The Hall–Kier alpha value is -3.03. The van der Waals surface area contributed by atoms with E-state index in [2.05, 4.69) is 5.32 Å². The highest BCUT2D eigenvalue weighted by atomic mass is 19.4. The zero-order chi connectivity index (χ0) is 21.0. The fourth-order valence-electron chi connectivity index (χ4n) is 3.28. The first-order valence-electron chi connectivity index (χ1n) is 9.11. The molecule has 1 N–H and O–H groups in total. The highest BCUT2D eigenvalue weighted by Crippen LogP contribution is 2.30. The van der Waals surface area contributed by atoms with Crippen LogP contribution in [0.25, 0.3) is 0 Å². The molecule has 0 bridgehead atoms. The lowest BCUT2D eigenvalue weighted by molar-refractivity contribution is -0.137. The Kier molecular flexibility index (Phi) is 6.10. The number of carbonyl (C=O) groups is 2. The van der Waals surface area contributed by atoms with Crippen LogP contribution in [-0.2, 0) is 28.9 Å². The molecule has 0 radical (unpaired) electrons. The second-order valence-electron chi connectivity index (χ2n) is 6.94. The number of rotatable bonds is 6. The van der Waals surface area contributed by atoms with Gasteiger partial charge in [0.1, 0.15) is 5.75 Å². The summed E-state index contributed by atoms with van der Waals surface area (Å²) in [5.41, 5.74) is 0.489. The molecule has 1 heterocycles. The van der Waals surface area contributed by atoms with E-state index in [4.69, 9.17) is 4.74 Å². The molecule has 29 heavy (non-hydrogen) atoms. The summed E-state index contributed by atoms with van der Waals surface area (Å²) in [4.78, 5) is 26.1. The maximum Gasteiger partial charge on any atom is 0.416 e. The zero-order valence-electron chi connectivity index (χ0n) is 15.8. The van der Waals surface area contributed by atoms with Crippen LogP contribution in [0.1, 0.15) is 23.1 Å². The quantitative estimate of drug-likeness (QED) is 0.800. The zero-order valence-corrected chi connectivity index (χ0v) is 15.8. The number of hydrogen-bond acceptors (Lipinski definition) is 3. The number of halogens is 3. The van der Waals surface area contributed by atoms with Crippen LogP contribution in [0.15, 0.2) is 48.5 Å². The molecule has 1 saturated heterocycles. The van der Waals surface area contributed by atoms with Crippen molar-refractivity contribution >= 4 is 11.8 Å². The van der Waals surface area contributed by atoms with Gasteiger partial charge in [-0.05, 0) is 35.4 Å². The molecule has 0 saturated carbocycles. The van der Waals surface area contributed by atoms with Crippen LogP contribution in [0, 0.1) is 5.92 Å². The van der Waals surface area contributed by atoms with Gasteiger partial charge in [0, 0.05) is 26.1 Å². The molecule has 1 fully saturated rings. The molecule has 3 rings (SSSR count). The molecule has 0 unspecified atom stereocenters. The van der Waals surface area contributed by atoms with Gasteiger partial charge in [0.15, 0.2) is 0 Å². The van der Waals surface area contributed by atoms with Gasteiger partial charge >= 0.3 is 6.18 Å². The van der Waals surface area contributed by atoms with Crippen molar-refractivity contribution in [2.24, 2.45) is 5.92 Å². The molecule has 0 spiro atoms. The van der Waals surface area contributed by atoms with Crippen LogP contribution in [0.5, 0.6) is 5.75 Å². The Morgan fingerprint density at radius 3 is 2.62 bits per heavy atom. The standard InChI is InChI=1S/C21H21F3N2O3/c1-29-18-7-3-4-14(9-18)11-25-20(28)16-10-19(27)26(13-16)12-15-5-2-6-17(8-15)21(22,23)24/h2-9,16H,10-13H2,1H3,(H,25,28)/t16-/m0/s1. The van der Waals surface area contributed by atoms with E-state index in [0.717, 1.165) is 17.7 Å². The van der Waals surface area contributed by atoms with E-state index in [9.17, 15) is 22.8 Å². The fraction of sp³-hybridized carbons (Fsp3) is 0.333. The molecule has 1 atom stereocenters. The van der Waals surface area contributed by atoms with Crippen LogP contribution in [0.2, 0.25) is 0 Å². The van der Waals surface area contributed by atoms with Crippen molar-refractivity contribution in [1.82, 2.24) is 10.2 Å². The van der Waals surface area contributed by atoms with Gasteiger partial charge in [-0.3, -0.25) is 9.59 Å². The summed E-state index contributed by atoms with van der Waals surface area (Å²) in [5, 5.41) is 2.80. The third kappa shape index (κ3) is 5.28. The number of nitrogens with one attached hydrogen (secondary N) is 1. The fourth-order valence-corrected chi connectivity index (χ4v) is 3.28. The van der Waals surface area contributed by atoms with Gasteiger partial charge in [0.2, 0.25) is 11.8 Å². The smallest absolute Gasteiger partial charge is 0.416 e. The molecule has 2 aromatic carbocycles. The van der Waals surface area contributed by atoms with Crippen molar-refractivity contribution < 1.29 is 27.5 Å². The summed E-state index contributed by atoms with van der Waals surface area (Å²) >= 11 is 0. The maximum absolute atomic E-state index is 12.9. The number of ether oxygens (including phenoxy) is 1. The van der Waals surface area contributed by atoms with E-state index in [0.29, 0.717) is 17.9 Å². The van der Waals surface area contributed by atoms with Crippen molar-refractivity contribution in [2.45, 2.75) is 25.7 Å². The van der Waals surface area contributed by atoms with Crippen LogP contribution in [0.3, 0.4) is 0 Å². The third-order valence-corrected chi connectivity index (χ3v) is 4.81. The molecule has 1 aliphatic rings. The predicted molar refractivity (Wildman–Crippen MR) is 99.8 cm³/mol.